The number of halogens is 2. The first-order valence-corrected chi connectivity index (χ1v) is 6.07. The van der Waals surface area contributed by atoms with Crippen molar-refractivity contribution in [3.8, 4) is 0 Å². The van der Waals surface area contributed by atoms with Gasteiger partial charge in [0.05, 0.1) is 6.04 Å². The van der Waals surface area contributed by atoms with Gasteiger partial charge in [0, 0.05) is 12.6 Å². The van der Waals surface area contributed by atoms with Crippen LogP contribution in [0.15, 0.2) is 18.2 Å². The molecule has 1 aromatic rings. The van der Waals surface area contributed by atoms with Crippen molar-refractivity contribution in [2.75, 3.05) is 6.61 Å². The Morgan fingerprint density at radius 3 is 2.53 bits per heavy atom. The Labute approximate surface area is 110 Å². The number of carbonyl (C=O) groups is 1. The Bertz CT molecular complexity index is 441. The van der Waals surface area contributed by atoms with Crippen LogP contribution in [-0.2, 0) is 0 Å². The highest BCUT2D eigenvalue weighted by Crippen LogP contribution is 2.15. The number of urea groups is 1. The van der Waals surface area contributed by atoms with E-state index in [0.29, 0.717) is 12.0 Å². The molecule has 0 aliphatic heterocycles. The van der Waals surface area contributed by atoms with Crippen molar-refractivity contribution < 1.29 is 18.7 Å². The number of carbonyl (C=O) groups excluding carboxylic acids is 1. The number of aliphatic hydroxyl groups is 1. The van der Waals surface area contributed by atoms with E-state index in [0.717, 1.165) is 12.1 Å². The molecule has 0 aliphatic carbocycles. The van der Waals surface area contributed by atoms with Crippen molar-refractivity contribution in [1.82, 2.24) is 10.6 Å². The maximum absolute atomic E-state index is 13.1. The Hall–Kier alpha value is -1.69. The van der Waals surface area contributed by atoms with E-state index < -0.39 is 23.7 Å². The third kappa shape index (κ3) is 4.82. The monoisotopic (exact) mass is 272 g/mol. The van der Waals surface area contributed by atoms with E-state index in [1.165, 1.54) is 6.07 Å². The molecule has 1 rings (SSSR count). The number of rotatable bonds is 5. The molecule has 6 heteroatoms. The second-order valence-electron chi connectivity index (χ2n) is 4.43. The van der Waals surface area contributed by atoms with Crippen LogP contribution in [-0.4, -0.2) is 23.8 Å². The molecule has 0 fully saturated rings. The van der Waals surface area contributed by atoms with Crippen LogP contribution in [0.1, 0.15) is 31.9 Å². The van der Waals surface area contributed by atoms with Crippen LogP contribution in [0.3, 0.4) is 0 Å². The first-order valence-electron chi connectivity index (χ1n) is 6.07. The molecule has 0 aromatic heterocycles. The zero-order chi connectivity index (χ0) is 14.4. The van der Waals surface area contributed by atoms with Gasteiger partial charge in [-0.1, -0.05) is 6.07 Å². The highest BCUT2D eigenvalue weighted by atomic mass is 19.2. The van der Waals surface area contributed by atoms with Crippen molar-refractivity contribution >= 4 is 6.03 Å². The average Bonchev–Trinajstić information content (AvgIpc) is 2.32. The Balaban J connectivity index is 2.56. The number of benzene rings is 1. The summed E-state index contributed by atoms with van der Waals surface area (Å²) in [7, 11) is 0. The van der Waals surface area contributed by atoms with Crippen LogP contribution in [0.25, 0.3) is 0 Å². The fraction of sp³-hybridized carbons (Fsp3) is 0.462. The molecule has 1 aromatic carbocycles. The van der Waals surface area contributed by atoms with E-state index in [9.17, 15) is 13.6 Å². The first-order chi connectivity index (χ1) is 8.93. The number of hydrogen-bond donors (Lipinski definition) is 3. The quantitative estimate of drug-likeness (QED) is 0.768. The largest absolute Gasteiger partial charge is 0.396 e. The van der Waals surface area contributed by atoms with Crippen molar-refractivity contribution in [3.63, 3.8) is 0 Å². The van der Waals surface area contributed by atoms with Crippen LogP contribution < -0.4 is 10.6 Å². The van der Waals surface area contributed by atoms with Gasteiger partial charge in [0.25, 0.3) is 0 Å². The predicted molar refractivity (Wildman–Crippen MR) is 67.6 cm³/mol. The second kappa shape index (κ2) is 7.04. The molecule has 3 N–H and O–H groups in total. The summed E-state index contributed by atoms with van der Waals surface area (Å²) in [6, 6.07) is 2.46. The molecule has 0 radical (unpaired) electrons. The van der Waals surface area contributed by atoms with Crippen LogP contribution in [0.2, 0.25) is 0 Å². The van der Waals surface area contributed by atoms with Gasteiger partial charge in [-0.25, -0.2) is 13.6 Å². The van der Waals surface area contributed by atoms with E-state index in [2.05, 4.69) is 10.6 Å². The zero-order valence-electron chi connectivity index (χ0n) is 10.9. The summed E-state index contributed by atoms with van der Waals surface area (Å²) in [6.45, 7) is 3.42. The summed E-state index contributed by atoms with van der Waals surface area (Å²) in [5, 5.41) is 14.0. The number of amides is 2. The highest BCUT2D eigenvalue weighted by Gasteiger charge is 2.13. The fourth-order valence-corrected chi connectivity index (χ4v) is 1.59. The maximum atomic E-state index is 13.1. The summed E-state index contributed by atoms with van der Waals surface area (Å²) < 4.78 is 25.8. The predicted octanol–water partition coefficient (Wildman–Crippen LogP) is 2.10. The summed E-state index contributed by atoms with van der Waals surface area (Å²) >= 11 is 0. The molecular weight excluding hydrogens is 254 g/mol. The van der Waals surface area contributed by atoms with Gasteiger partial charge in [-0.3, -0.25) is 0 Å². The van der Waals surface area contributed by atoms with Crippen LogP contribution in [0, 0.1) is 11.6 Å². The lowest BCUT2D eigenvalue weighted by molar-refractivity contribution is 0.228. The summed E-state index contributed by atoms with van der Waals surface area (Å²) in [6.07, 6.45) is 0.451. The van der Waals surface area contributed by atoms with Crippen molar-refractivity contribution in [3.05, 3.63) is 35.4 Å². The van der Waals surface area contributed by atoms with Crippen molar-refractivity contribution in [1.29, 1.82) is 0 Å². The number of aliphatic hydroxyl groups excluding tert-OH is 1. The van der Waals surface area contributed by atoms with Gasteiger partial charge in [-0.15, -0.1) is 0 Å². The Kier molecular flexibility index (Phi) is 5.69. The molecule has 0 saturated heterocycles. The van der Waals surface area contributed by atoms with Crippen LogP contribution >= 0.6 is 0 Å². The molecule has 1 unspecified atom stereocenters. The molecular formula is C13H18F2N2O2. The minimum Gasteiger partial charge on any atom is -0.396 e. The van der Waals surface area contributed by atoms with Gasteiger partial charge >= 0.3 is 6.03 Å². The fourth-order valence-electron chi connectivity index (χ4n) is 1.59. The summed E-state index contributed by atoms with van der Waals surface area (Å²) in [5.41, 5.74) is 0.476. The van der Waals surface area contributed by atoms with E-state index >= 15 is 0 Å². The maximum Gasteiger partial charge on any atom is 0.315 e. The van der Waals surface area contributed by atoms with E-state index in [1.807, 2.05) is 0 Å². The van der Waals surface area contributed by atoms with Crippen LogP contribution in [0.4, 0.5) is 13.6 Å². The standard InChI is InChI=1S/C13H18F2N2O2/c1-8(5-6-18)16-13(19)17-9(2)10-3-4-11(14)12(15)7-10/h3-4,7-9,18H,5-6H2,1-2H3,(H2,16,17,19)/t8-,9?/m1/s1. The third-order valence-electron chi connectivity index (χ3n) is 2.73. The van der Waals surface area contributed by atoms with Crippen molar-refractivity contribution in [2.45, 2.75) is 32.4 Å². The Morgan fingerprint density at radius 2 is 1.95 bits per heavy atom. The lowest BCUT2D eigenvalue weighted by Crippen LogP contribution is -2.42. The van der Waals surface area contributed by atoms with Gasteiger partial charge in [0.2, 0.25) is 0 Å². The first kappa shape index (κ1) is 15.4. The minimum atomic E-state index is -0.944. The third-order valence-corrected chi connectivity index (χ3v) is 2.73. The molecule has 0 bridgehead atoms. The lowest BCUT2D eigenvalue weighted by Gasteiger charge is -2.18. The van der Waals surface area contributed by atoms with Gasteiger partial charge < -0.3 is 15.7 Å². The number of nitrogens with one attached hydrogen (secondary N) is 2. The molecule has 0 saturated carbocycles. The smallest absolute Gasteiger partial charge is 0.315 e. The molecule has 0 aliphatic rings. The molecule has 4 nitrogen and oxygen atoms in total. The molecule has 19 heavy (non-hydrogen) atoms. The van der Waals surface area contributed by atoms with Gasteiger partial charge in [-0.05, 0) is 38.0 Å². The summed E-state index contributed by atoms with van der Waals surface area (Å²) in [5.74, 6) is -1.86. The SMILES string of the molecule is CC(NC(=O)N[C@H](C)CCO)c1ccc(F)c(F)c1. The molecule has 0 spiro atoms. The van der Waals surface area contributed by atoms with E-state index in [1.54, 1.807) is 13.8 Å². The average molecular weight is 272 g/mol. The number of hydrogen-bond acceptors (Lipinski definition) is 2. The lowest BCUT2D eigenvalue weighted by atomic mass is 10.1. The minimum absolute atomic E-state index is 0.0137. The molecule has 0 heterocycles. The van der Waals surface area contributed by atoms with Gasteiger partial charge in [-0.2, -0.15) is 0 Å². The topological polar surface area (TPSA) is 61.4 Å². The molecule has 2 atom stereocenters. The van der Waals surface area contributed by atoms with E-state index in [-0.39, 0.29) is 12.6 Å². The Morgan fingerprint density at radius 1 is 1.26 bits per heavy atom. The second-order valence-corrected chi connectivity index (χ2v) is 4.43. The van der Waals surface area contributed by atoms with Gasteiger partial charge in [0.1, 0.15) is 0 Å². The van der Waals surface area contributed by atoms with Crippen molar-refractivity contribution in [2.24, 2.45) is 0 Å². The van der Waals surface area contributed by atoms with Crippen LogP contribution in [0.5, 0.6) is 0 Å². The normalized spacial score (nSPS) is 13.7. The van der Waals surface area contributed by atoms with E-state index in [4.69, 9.17) is 5.11 Å². The molecule has 2 amide bonds. The zero-order valence-corrected chi connectivity index (χ0v) is 10.9. The summed E-state index contributed by atoms with van der Waals surface area (Å²) in [4.78, 5) is 11.6. The highest BCUT2D eigenvalue weighted by molar-refractivity contribution is 5.74. The molecule has 106 valence electrons. The van der Waals surface area contributed by atoms with Gasteiger partial charge in [0.15, 0.2) is 11.6 Å².